The Kier molecular flexibility index (Phi) is 12.2. The fraction of sp³-hybridized carbons (Fsp3) is 0.882. The van der Waals surface area contributed by atoms with Crippen LogP contribution in [-0.4, -0.2) is 86.5 Å². The van der Waals surface area contributed by atoms with Gasteiger partial charge in [-0.15, -0.1) is 24.0 Å². The highest BCUT2D eigenvalue weighted by atomic mass is 127. The van der Waals surface area contributed by atoms with Crippen molar-refractivity contribution in [1.82, 2.24) is 15.1 Å². The van der Waals surface area contributed by atoms with Gasteiger partial charge in [-0.25, -0.2) is 4.79 Å². The topological polar surface area (TPSA) is 92.4 Å². The molecule has 1 rings (SSSR count). The van der Waals surface area contributed by atoms with Gasteiger partial charge in [0.25, 0.3) is 0 Å². The maximum absolute atomic E-state index is 12.0. The summed E-state index contributed by atoms with van der Waals surface area (Å²) < 4.78 is 10.5. The Morgan fingerprint density at radius 2 is 1.88 bits per heavy atom. The van der Waals surface area contributed by atoms with Gasteiger partial charge in [0.15, 0.2) is 5.96 Å². The van der Waals surface area contributed by atoms with Crippen LogP contribution in [0.4, 0.5) is 4.79 Å². The van der Waals surface area contributed by atoms with Crippen LogP contribution in [0, 0.1) is 0 Å². The predicted octanol–water partition coefficient (Wildman–Crippen LogP) is 1.49. The molecule has 26 heavy (non-hydrogen) atoms. The molecule has 0 radical (unpaired) electrons. The fourth-order valence-corrected chi connectivity index (χ4v) is 2.56. The zero-order chi connectivity index (χ0) is 18.9. The molecular formula is C17H36IN5O3. The Labute approximate surface area is 174 Å². The van der Waals surface area contributed by atoms with Crippen LogP contribution in [0.25, 0.3) is 0 Å². The summed E-state index contributed by atoms with van der Waals surface area (Å²) >= 11 is 0. The number of carbonyl (C=O) groups is 1. The van der Waals surface area contributed by atoms with Crippen molar-refractivity contribution in [2.24, 2.45) is 10.7 Å². The monoisotopic (exact) mass is 485 g/mol. The van der Waals surface area contributed by atoms with Gasteiger partial charge in [-0.05, 0) is 34.1 Å². The summed E-state index contributed by atoms with van der Waals surface area (Å²) in [5, 5.41) is 3.09. The first-order chi connectivity index (χ1) is 11.7. The van der Waals surface area contributed by atoms with Crippen LogP contribution >= 0.6 is 24.0 Å². The lowest BCUT2D eigenvalue weighted by atomic mass is 10.2. The van der Waals surface area contributed by atoms with E-state index in [-0.39, 0.29) is 36.1 Å². The van der Waals surface area contributed by atoms with Crippen LogP contribution in [0.15, 0.2) is 4.99 Å². The molecule has 9 heteroatoms. The van der Waals surface area contributed by atoms with Crippen molar-refractivity contribution in [1.29, 1.82) is 0 Å². The summed E-state index contributed by atoms with van der Waals surface area (Å²) in [5.74, 6) is 0.458. The Morgan fingerprint density at radius 1 is 1.27 bits per heavy atom. The molecule has 1 amide bonds. The third-order valence-corrected chi connectivity index (χ3v) is 3.75. The van der Waals surface area contributed by atoms with E-state index in [0.717, 1.165) is 26.1 Å². The molecule has 0 saturated carbocycles. The number of piperazine rings is 1. The van der Waals surface area contributed by atoms with Crippen molar-refractivity contribution in [3.63, 3.8) is 0 Å². The Bertz CT molecular complexity index is 435. The van der Waals surface area contributed by atoms with Gasteiger partial charge in [-0.1, -0.05) is 0 Å². The lowest BCUT2D eigenvalue weighted by Gasteiger charge is -2.35. The molecule has 1 heterocycles. The van der Waals surface area contributed by atoms with Crippen molar-refractivity contribution in [3.05, 3.63) is 0 Å². The van der Waals surface area contributed by atoms with Crippen molar-refractivity contribution in [2.75, 3.05) is 53.0 Å². The highest BCUT2D eigenvalue weighted by Gasteiger charge is 2.25. The molecule has 1 aliphatic heterocycles. The van der Waals surface area contributed by atoms with E-state index >= 15 is 0 Å². The van der Waals surface area contributed by atoms with Crippen molar-refractivity contribution in [2.45, 2.75) is 45.8 Å². The molecule has 1 aliphatic rings. The van der Waals surface area contributed by atoms with Crippen LogP contribution in [0.5, 0.6) is 0 Å². The summed E-state index contributed by atoms with van der Waals surface area (Å²) in [6, 6.07) is 0.148. The van der Waals surface area contributed by atoms with Gasteiger partial charge < -0.3 is 25.4 Å². The number of nitrogens with one attached hydrogen (secondary N) is 1. The number of carbonyl (C=O) groups excluding carboxylic acids is 1. The van der Waals surface area contributed by atoms with Gasteiger partial charge in [-0.2, -0.15) is 0 Å². The van der Waals surface area contributed by atoms with Gasteiger partial charge in [-0.3, -0.25) is 9.89 Å². The van der Waals surface area contributed by atoms with Crippen LogP contribution in [-0.2, 0) is 9.47 Å². The maximum atomic E-state index is 12.0. The number of methoxy groups -OCH3 is 1. The predicted molar refractivity (Wildman–Crippen MR) is 115 cm³/mol. The second-order valence-electron chi connectivity index (χ2n) is 7.43. The van der Waals surface area contributed by atoms with E-state index in [9.17, 15) is 4.79 Å². The highest BCUT2D eigenvalue weighted by molar-refractivity contribution is 14.0. The molecule has 0 aromatic rings. The largest absolute Gasteiger partial charge is 0.444 e. The molecular weight excluding hydrogens is 449 g/mol. The van der Waals surface area contributed by atoms with Gasteiger partial charge >= 0.3 is 6.09 Å². The van der Waals surface area contributed by atoms with Crippen LogP contribution < -0.4 is 11.1 Å². The third-order valence-electron chi connectivity index (χ3n) is 3.75. The lowest BCUT2D eigenvalue weighted by molar-refractivity contribution is 0.0145. The van der Waals surface area contributed by atoms with E-state index in [2.05, 4.69) is 15.2 Å². The number of halogens is 1. The molecule has 1 atom stereocenters. The van der Waals surface area contributed by atoms with E-state index in [0.29, 0.717) is 32.2 Å². The molecule has 1 fully saturated rings. The summed E-state index contributed by atoms with van der Waals surface area (Å²) in [6.07, 6.45) is 0.716. The Balaban J connectivity index is 0.00000625. The standard InChI is InChI=1S/C17H35N5O3.HI/c1-14(13-24-5)20-15(18)19-7-6-8-21-9-11-22(12-10-21)16(23)25-17(2,3)4;/h14H,6-13H2,1-5H3,(H3,18,19,20);1H. The number of aliphatic imine (C=N–C) groups is 1. The third kappa shape index (κ3) is 11.0. The first-order valence-electron chi connectivity index (χ1n) is 8.97. The van der Waals surface area contributed by atoms with E-state index in [4.69, 9.17) is 15.2 Å². The van der Waals surface area contributed by atoms with E-state index < -0.39 is 5.60 Å². The summed E-state index contributed by atoms with van der Waals surface area (Å²) in [4.78, 5) is 20.5. The minimum Gasteiger partial charge on any atom is -0.444 e. The van der Waals surface area contributed by atoms with Crippen LogP contribution in [0.2, 0.25) is 0 Å². The highest BCUT2D eigenvalue weighted by Crippen LogP contribution is 2.11. The van der Waals surface area contributed by atoms with Gasteiger partial charge in [0.2, 0.25) is 0 Å². The number of ether oxygens (including phenoxy) is 2. The van der Waals surface area contributed by atoms with Crippen molar-refractivity contribution < 1.29 is 14.3 Å². The number of guanidine groups is 1. The molecule has 8 nitrogen and oxygen atoms in total. The van der Waals surface area contributed by atoms with Gasteiger partial charge in [0.05, 0.1) is 6.61 Å². The van der Waals surface area contributed by atoms with Gasteiger partial charge in [0, 0.05) is 52.4 Å². The summed E-state index contributed by atoms with van der Waals surface area (Å²) in [6.45, 7) is 13.0. The molecule has 0 spiro atoms. The molecule has 0 aromatic heterocycles. The average Bonchev–Trinajstić information content (AvgIpc) is 2.50. The molecule has 1 saturated heterocycles. The Hall–Kier alpha value is -0.810. The van der Waals surface area contributed by atoms with E-state index in [1.165, 1.54) is 0 Å². The minimum absolute atomic E-state index is 0. The molecule has 154 valence electrons. The first-order valence-corrected chi connectivity index (χ1v) is 8.97. The molecule has 0 aromatic carbocycles. The molecule has 0 aliphatic carbocycles. The maximum Gasteiger partial charge on any atom is 0.410 e. The number of hydrogen-bond donors (Lipinski definition) is 2. The number of nitrogens with two attached hydrogens (primary N) is 1. The average molecular weight is 485 g/mol. The van der Waals surface area contributed by atoms with Crippen molar-refractivity contribution in [3.8, 4) is 0 Å². The van der Waals surface area contributed by atoms with Crippen LogP contribution in [0.1, 0.15) is 34.1 Å². The van der Waals surface area contributed by atoms with E-state index in [1.807, 2.05) is 27.7 Å². The second-order valence-corrected chi connectivity index (χ2v) is 7.43. The van der Waals surface area contributed by atoms with E-state index in [1.54, 1.807) is 12.0 Å². The quantitative estimate of drug-likeness (QED) is 0.246. The summed E-state index contributed by atoms with van der Waals surface area (Å²) in [5.41, 5.74) is 5.39. The van der Waals surface area contributed by atoms with Crippen LogP contribution in [0.3, 0.4) is 0 Å². The number of rotatable bonds is 7. The summed E-state index contributed by atoms with van der Waals surface area (Å²) in [7, 11) is 1.66. The zero-order valence-electron chi connectivity index (χ0n) is 16.8. The SMILES string of the molecule is COCC(C)NC(N)=NCCCN1CCN(C(=O)OC(C)(C)C)CC1.I. The number of nitrogens with zero attached hydrogens (tertiary/aromatic N) is 3. The minimum atomic E-state index is -0.444. The molecule has 1 unspecified atom stereocenters. The Morgan fingerprint density at radius 3 is 2.42 bits per heavy atom. The first kappa shape index (κ1) is 25.2. The second kappa shape index (κ2) is 12.6. The lowest BCUT2D eigenvalue weighted by Crippen LogP contribution is -2.50. The zero-order valence-corrected chi connectivity index (χ0v) is 19.1. The number of hydrogen-bond acceptors (Lipinski definition) is 5. The molecule has 0 bridgehead atoms. The normalized spacial score (nSPS) is 17.4. The molecule has 3 N–H and O–H groups in total. The van der Waals surface area contributed by atoms with Crippen molar-refractivity contribution >= 4 is 36.0 Å². The number of amides is 1. The van der Waals surface area contributed by atoms with Gasteiger partial charge in [0.1, 0.15) is 5.60 Å². The fourth-order valence-electron chi connectivity index (χ4n) is 2.56. The smallest absolute Gasteiger partial charge is 0.410 e.